The number of rotatable bonds is 10. The summed E-state index contributed by atoms with van der Waals surface area (Å²) in [6, 6.07) is 7.79. The van der Waals surface area contributed by atoms with Crippen LogP contribution >= 0.6 is 24.0 Å². The molecule has 0 spiro atoms. The van der Waals surface area contributed by atoms with Gasteiger partial charge in [-0.2, -0.15) is 0 Å². The molecular formula is C24H28N2O4S2. The van der Waals surface area contributed by atoms with Crippen molar-refractivity contribution in [3.8, 4) is 0 Å². The topological polar surface area (TPSA) is 79.6 Å². The second-order valence-corrected chi connectivity index (χ2v) is 9.72. The normalized spacial score (nSPS) is 15.3. The number of aromatic nitrogens is 1. The smallest absolute Gasteiger partial charge is 0.323 e. The van der Waals surface area contributed by atoms with E-state index in [9.17, 15) is 14.4 Å². The molecule has 2 heterocycles. The Hall–Kier alpha value is -2.45. The summed E-state index contributed by atoms with van der Waals surface area (Å²) < 4.78 is 1.98. The maximum absolute atomic E-state index is 13.3. The van der Waals surface area contributed by atoms with Crippen molar-refractivity contribution >= 4 is 57.2 Å². The number of fused-ring (bicyclic) bond motifs is 1. The fourth-order valence-electron chi connectivity index (χ4n) is 3.82. The number of hydrogen-bond donors (Lipinski definition) is 1. The van der Waals surface area contributed by atoms with Crippen LogP contribution in [0.2, 0.25) is 0 Å². The van der Waals surface area contributed by atoms with Gasteiger partial charge >= 0.3 is 5.97 Å². The summed E-state index contributed by atoms with van der Waals surface area (Å²) in [6.45, 7) is 4.32. The van der Waals surface area contributed by atoms with Gasteiger partial charge in [0, 0.05) is 12.1 Å². The summed E-state index contributed by atoms with van der Waals surface area (Å²) in [5.41, 5.74) is 2.22. The minimum atomic E-state index is -1.13. The molecular weight excluding hydrogens is 444 g/mol. The van der Waals surface area contributed by atoms with E-state index in [-0.39, 0.29) is 14.8 Å². The van der Waals surface area contributed by atoms with E-state index in [1.165, 1.54) is 19.3 Å². The second kappa shape index (κ2) is 10.9. The maximum atomic E-state index is 13.3. The SMILES string of the molecule is CCCCCCCCn1c(=O)c(/C=C2\SC(=S)N(CC(=O)O)C2=O)cc2cc(C)ccc21. The Morgan fingerprint density at radius 3 is 2.56 bits per heavy atom. The summed E-state index contributed by atoms with van der Waals surface area (Å²) in [5, 5.41) is 9.96. The zero-order valence-electron chi connectivity index (χ0n) is 18.4. The summed E-state index contributed by atoms with van der Waals surface area (Å²) in [5.74, 6) is -1.61. The van der Waals surface area contributed by atoms with Crippen molar-refractivity contribution in [2.24, 2.45) is 0 Å². The molecule has 2 aromatic rings. The van der Waals surface area contributed by atoms with Crippen LogP contribution in [-0.2, 0) is 16.1 Å². The lowest BCUT2D eigenvalue weighted by atomic mass is 10.1. The van der Waals surface area contributed by atoms with Gasteiger partial charge in [-0.25, -0.2) is 0 Å². The van der Waals surface area contributed by atoms with Gasteiger partial charge in [0.15, 0.2) is 0 Å². The van der Waals surface area contributed by atoms with Crippen LogP contribution in [0.25, 0.3) is 17.0 Å². The molecule has 6 nitrogen and oxygen atoms in total. The first-order chi connectivity index (χ1) is 15.3. The number of unbranched alkanes of at least 4 members (excludes halogenated alkanes) is 5. The van der Waals surface area contributed by atoms with Crippen molar-refractivity contribution in [3.05, 3.63) is 50.7 Å². The lowest BCUT2D eigenvalue weighted by Crippen LogP contribution is -2.33. The number of aliphatic carboxylic acids is 1. The fourth-order valence-corrected chi connectivity index (χ4v) is 5.06. The van der Waals surface area contributed by atoms with E-state index in [4.69, 9.17) is 17.3 Å². The van der Waals surface area contributed by atoms with Gasteiger partial charge in [0.2, 0.25) is 0 Å². The zero-order chi connectivity index (χ0) is 23.3. The number of carboxylic acid groups (broad SMARTS) is 1. The van der Waals surface area contributed by atoms with Gasteiger partial charge in [-0.15, -0.1) is 0 Å². The van der Waals surface area contributed by atoms with E-state index in [0.29, 0.717) is 12.1 Å². The number of thioether (sulfide) groups is 1. The molecule has 1 aromatic carbocycles. The molecule has 0 unspecified atom stereocenters. The number of carbonyl (C=O) groups excluding carboxylic acids is 1. The van der Waals surface area contributed by atoms with Gasteiger partial charge < -0.3 is 9.67 Å². The molecule has 0 bridgehead atoms. The highest BCUT2D eigenvalue weighted by molar-refractivity contribution is 8.26. The molecule has 1 aromatic heterocycles. The van der Waals surface area contributed by atoms with Crippen molar-refractivity contribution < 1.29 is 14.7 Å². The highest BCUT2D eigenvalue weighted by Gasteiger charge is 2.33. The third-order valence-electron chi connectivity index (χ3n) is 5.47. The number of nitrogens with zero attached hydrogens (tertiary/aromatic N) is 2. The van der Waals surface area contributed by atoms with Crippen LogP contribution in [0.1, 0.15) is 56.6 Å². The minimum absolute atomic E-state index is 0.154. The van der Waals surface area contributed by atoms with E-state index in [2.05, 4.69) is 6.92 Å². The minimum Gasteiger partial charge on any atom is -0.480 e. The van der Waals surface area contributed by atoms with Gasteiger partial charge in [-0.05, 0) is 43.0 Å². The molecule has 0 saturated carbocycles. The quantitative estimate of drug-likeness (QED) is 0.299. The summed E-state index contributed by atoms with van der Waals surface area (Å²) in [6.07, 6.45) is 8.33. The first-order valence-electron chi connectivity index (χ1n) is 10.9. The van der Waals surface area contributed by atoms with Gasteiger partial charge in [-0.1, -0.05) is 74.6 Å². The lowest BCUT2D eigenvalue weighted by molar-refractivity contribution is -0.140. The van der Waals surface area contributed by atoms with Gasteiger partial charge in [0.25, 0.3) is 11.5 Å². The first kappa shape index (κ1) is 24.2. The molecule has 0 atom stereocenters. The van der Waals surface area contributed by atoms with E-state index in [1.807, 2.05) is 25.1 Å². The predicted octanol–water partition coefficient (Wildman–Crippen LogP) is 4.96. The summed E-state index contributed by atoms with van der Waals surface area (Å²) in [7, 11) is 0. The zero-order valence-corrected chi connectivity index (χ0v) is 20.1. The third-order valence-corrected chi connectivity index (χ3v) is 6.84. The van der Waals surface area contributed by atoms with Gasteiger partial charge in [-0.3, -0.25) is 19.3 Å². The number of hydrogen-bond acceptors (Lipinski definition) is 5. The van der Waals surface area contributed by atoms with Crippen LogP contribution in [0, 0.1) is 6.92 Å². The Labute approximate surface area is 197 Å². The molecule has 3 rings (SSSR count). The number of aryl methyl sites for hydroxylation is 2. The monoisotopic (exact) mass is 472 g/mol. The molecule has 0 aliphatic carbocycles. The van der Waals surface area contributed by atoms with Crippen molar-refractivity contribution in [3.63, 3.8) is 0 Å². The van der Waals surface area contributed by atoms with Gasteiger partial charge in [0.05, 0.1) is 10.4 Å². The Kier molecular flexibility index (Phi) is 8.26. The maximum Gasteiger partial charge on any atom is 0.323 e. The van der Waals surface area contributed by atoms with Crippen LogP contribution in [-0.4, -0.2) is 37.3 Å². The van der Waals surface area contributed by atoms with Gasteiger partial charge in [0.1, 0.15) is 10.9 Å². The largest absolute Gasteiger partial charge is 0.480 e. The lowest BCUT2D eigenvalue weighted by Gasteiger charge is -2.13. The highest BCUT2D eigenvalue weighted by Crippen LogP contribution is 2.32. The Bertz CT molecular complexity index is 1140. The molecule has 0 radical (unpaired) electrons. The van der Waals surface area contributed by atoms with Crippen LogP contribution < -0.4 is 5.56 Å². The number of carbonyl (C=O) groups is 2. The number of carboxylic acids is 1. The Morgan fingerprint density at radius 1 is 1.12 bits per heavy atom. The van der Waals surface area contributed by atoms with Crippen molar-refractivity contribution in [1.29, 1.82) is 0 Å². The molecule has 1 saturated heterocycles. The van der Waals surface area contributed by atoms with E-state index in [0.717, 1.165) is 52.4 Å². The van der Waals surface area contributed by atoms with Crippen LogP contribution in [0.4, 0.5) is 0 Å². The summed E-state index contributed by atoms with van der Waals surface area (Å²) >= 11 is 6.19. The Balaban J connectivity index is 1.94. The van der Waals surface area contributed by atoms with E-state index < -0.39 is 18.4 Å². The van der Waals surface area contributed by atoms with Crippen LogP contribution in [0.3, 0.4) is 0 Å². The summed E-state index contributed by atoms with van der Waals surface area (Å²) in [4.78, 5) is 38.3. The average molecular weight is 473 g/mol. The molecule has 1 aliphatic heterocycles. The predicted molar refractivity (Wildman–Crippen MR) is 134 cm³/mol. The second-order valence-electron chi connectivity index (χ2n) is 8.05. The number of amides is 1. The van der Waals surface area contributed by atoms with Crippen molar-refractivity contribution in [1.82, 2.24) is 9.47 Å². The standard InChI is InChI=1S/C24H28N2O4S2/c1-3-4-5-6-7-8-11-25-19-10-9-16(2)12-17(19)13-18(22(25)29)14-20-23(30)26(15-21(27)28)24(31)32-20/h9-10,12-14H,3-8,11,15H2,1-2H3,(H,27,28)/b20-14-. The molecule has 1 amide bonds. The highest BCUT2D eigenvalue weighted by atomic mass is 32.2. The first-order valence-corrected chi connectivity index (χ1v) is 12.2. The molecule has 32 heavy (non-hydrogen) atoms. The molecule has 8 heteroatoms. The van der Waals surface area contributed by atoms with Crippen molar-refractivity contribution in [2.45, 2.75) is 58.9 Å². The molecule has 170 valence electrons. The van der Waals surface area contributed by atoms with Crippen LogP contribution in [0.5, 0.6) is 0 Å². The van der Waals surface area contributed by atoms with E-state index in [1.54, 1.807) is 16.7 Å². The molecule has 1 aliphatic rings. The molecule has 1 N–H and O–H groups in total. The number of thiocarbonyl (C=S) groups is 1. The number of pyridine rings is 1. The fraction of sp³-hybridized carbons (Fsp3) is 0.417. The van der Waals surface area contributed by atoms with E-state index >= 15 is 0 Å². The third kappa shape index (κ3) is 5.66. The van der Waals surface area contributed by atoms with Crippen molar-refractivity contribution in [2.75, 3.05) is 6.54 Å². The molecule has 1 fully saturated rings. The Morgan fingerprint density at radius 2 is 1.84 bits per heavy atom. The van der Waals surface area contributed by atoms with Crippen LogP contribution in [0.15, 0.2) is 34.0 Å². The number of benzene rings is 1. The average Bonchev–Trinajstić information content (AvgIpc) is 2.99.